The predicted octanol–water partition coefficient (Wildman–Crippen LogP) is 6.90. The number of fused-ring (bicyclic) bond motifs is 6. The first kappa shape index (κ1) is 27.7. The predicted molar refractivity (Wildman–Crippen MR) is 153 cm³/mol. The Labute approximate surface area is 234 Å². The van der Waals surface area contributed by atoms with Crippen molar-refractivity contribution in [3.63, 3.8) is 0 Å². The van der Waals surface area contributed by atoms with Crippen molar-refractivity contribution in [3.8, 4) is 0 Å². The minimum absolute atomic E-state index is 0.154. The molecule has 2 N–H and O–H groups in total. The normalized spacial score (nSPS) is 43.3. The SMILES string of the molecule is C[C@H](CCC(=O)N1c2ccc(F)cc2CC1(C)C)[C@H]1CC[C@H]2[C@@H]3[C@@H](O)C[C@@H]4C[C@H](O)CC[C@]4(C)[C@H]3CC[C@]12C. The molecule has 1 aromatic rings. The third kappa shape index (κ3) is 4.31. The molecular weight excluding hydrogens is 489 g/mol. The number of amides is 1. The molecule has 216 valence electrons. The first-order chi connectivity index (χ1) is 18.3. The summed E-state index contributed by atoms with van der Waals surface area (Å²) in [6, 6.07) is 4.83. The maximum atomic E-state index is 13.9. The molecule has 0 bridgehead atoms. The fourth-order valence-electron chi connectivity index (χ4n) is 11.1. The maximum absolute atomic E-state index is 13.9. The molecular formula is C34H50FNO3. The van der Waals surface area contributed by atoms with Crippen molar-refractivity contribution in [3.05, 3.63) is 29.6 Å². The molecule has 1 heterocycles. The highest BCUT2D eigenvalue weighted by molar-refractivity contribution is 5.97. The molecule has 0 unspecified atom stereocenters. The van der Waals surface area contributed by atoms with Crippen molar-refractivity contribution in [2.75, 3.05) is 4.90 Å². The van der Waals surface area contributed by atoms with Crippen molar-refractivity contribution in [1.29, 1.82) is 0 Å². The van der Waals surface area contributed by atoms with Crippen LogP contribution in [0.3, 0.4) is 0 Å². The molecule has 1 aliphatic heterocycles. The van der Waals surface area contributed by atoms with E-state index >= 15 is 0 Å². The Kier molecular flexibility index (Phi) is 6.78. The fraction of sp³-hybridized carbons (Fsp3) is 0.794. The van der Waals surface area contributed by atoms with Gasteiger partial charge in [-0.25, -0.2) is 4.39 Å². The molecule has 5 heteroatoms. The Morgan fingerprint density at radius 2 is 1.74 bits per heavy atom. The van der Waals surface area contributed by atoms with Gasteiger partial charge in [0, 0.05) is 17.6 Å². The van der Waals surface area contributed by atoms with Crippen LogP contribution in [0.15, 0.2) is 18.2 Å². The molecule has 4 aliphatic carbocycles. The first-order valence-electron chi connectivity index (χ1n) is 15.8. The van der Waals surface area contributed by atoms with Crippen LogP contribution in [0.4, 0.5) is 10.1 Å². The molecule has 0 radical (unpaired) electrons. The average molecular weight is 540 g/mol. The number of nitrogens with zero attached hydrogens (tertiary/aromatic N) is 1. The smallest absolute Gasteiger partial charge is 0.227 e. The van der Waals surface area contributed by atoms with Gasteiger partial charge in [0.15, 0.2) is 0 Å². The van der Waals surface area contributed by atoms with Crippen LogP contribution in [-0.2, 0) is 11.2 Å². The summed E-state index contributed by atoms with van der Waals surface area (Å²) in [5, 5.41) is 21.9. The van der Waals surface area contributed by atoms with Crippen LogP contribution in [0.2, 0.25) is 0 Å². The van der Waals surface area contributed by atoms with Crippen LogP contribution < -0.4 is 4.90 Å². The van der Waals surface area contributed by atoms with E-state index in [9.17, 15) is 19.4 Å². The van der Waals surface area contributed by atoms with Crippen molar-refractivity contribution in [1.82, 2.24) is 0 Å². The standard InChI is InChI=1S/C34H50FNO3/c1-20(6-11-30(39)36-28-10-7-23(35)16-21(28)19-32(36,2)3)25-8-9-26-31-27(13-15-34(25,26)5)33(4)14-12-24(37)17-22(33)18-29(31)38/h7,10,16,20,22,24-27,29,31,37-38H,6,8-9,11-15,17-19H2,1-5H3/t20-,22+,24-,25-,26+,27+,29+,31+,33+,34-/m1/s1. The molecule has 6 rings (SSSR count). The summed E-state index contributed by atoms with van der Waals surface area (Å²) in [5.41, 5.74) is 1.94. The van der Waals surface area contributed by atoms with Crippen LogP contribution in [0.25, 0.3) is 0 Å². The molecule has 39 heavy (non-hydrogen) atoms. The molecule has 5 aliphatic rings. The van der Waals surface area contributed by atoms with Gasteiger partial charge in [0.2, 0.25) is 5.91 Å². The number of hydrogen-bond donors (Lipinski definition) is 2. The zero-order valence-electron chi connectivity index (χ0n) is 24.8. The van der Waals surface area contributed by atoms with E-state index in [0.717, 1.165) is 43.4 Å². The number of carbonyl (C=O) groups excluding carboxylic acids is 1. The van der Waals surface area contributed by atoms with Gasteiger partial charge in [0.05, 0.1) is 12.2 Å². The van der Waals surface area contributed by atoms with Crippen LogP contribution in [0.1, 0.15) is 104 Å². The Balaban J connectivity index is 1.15. The molecule has 4 saturated carbocycles. The number of rotatable bonds is 4. The number of aliphatic hydroxyl groups is 2. The monoisotopic (exact) mass is 539 g/mol. The van der Waals surface area contributed by atoms with E-state index < -0.39 is 0 Å². The fourth-order valence-corrected chi connectivity index (χ4v) is 11.1. The molecule has 0 saturated heterocycles. The minimum Gasteiger partial charge on any atom is -0.393 e. The Morgan fingerprint density at radius 1 is 1.03 bits per heavy atom. The number of benzene rings is 1. The van der Waals surface area contributed by atoms with E-state index in [-0.39, 0.29) is 40.3 Å². The van der Waals surface area contributed by atoms with Gasteiger partial charge in [-0.2, -0.15) is 0 Å². The van der Waals surface area contributed by atoms with Gasteiger partial charge in [-0.3, -0.25) is 4.79 Å². The lowest BCUT2D eigenvalue weighted by atomic mass is 9.43. The first-order valence-corrected chi connectivity index (χ1v) is 15.8. The molecule has 10 atom stereocenters. The van der Waals surface area contributed by atoms with E-state index in [1.165, 1.54) is 31.7 Å². The highest BCUT2D eigenvalue weighted by Gasteiger charge is 2.62. The average Bonchev–Trinajstić information content (AvgIpc) is 3.35. The summed E-state index contributed by atoms with van der Waals surface area (Å²) in [4.78, 5) is 15.5. The molecule has 0 spiro atoms. The third-order valence-corrected chi connectivity index (χ3v) is 13.0. The Bertz CT molecular complexity index is 1120. The summed E-state index contributed by atoms with van der Waals surface area (Å²) >= 11 is 0. The maximum Gasteiger partial charge on any atom is 0.227 e. The second-order valence-corrected chi connectivity index (χ2v) is 15.5. The zero-order valence-corrected chi connectivity index (χ0v) is 24.8. The number of anilines is 1. The van der Waals surface area contributed by atoms with E-state index in [1.54, 1.807) is 12.1 Å². The largest absolute Gasteiger partial charge is 0.393 e. The topological polar surface area (TPSA) is 60.8 Å². The number of aliphatic hydroxyl groups excluding tert-OH is 2. The molecule has 4 fully saturated rings. The number of carbonyl (C=O) groups is 1. The Hall–Kier alpha value is -1.46. The molecule has 4 nitrogen and oxygen atoms in total. The lowest BCUT2D eigenvalue weighted by Crippen LogP contribution is -2.58. The van der Waals surface area contributed by atoms with E-state index in [2.05, 4.69) is 34.6 Å². The van der Waals surface area contributed by atoms with Gasteiger partial charge >= 0.3 is 0 Å². The van der Waals surface area contributed by atoms with Gasteiger partial charge in [0.25, 0.3) is 0 Å². The van der Waals surface area contributed by atoms with Gasteiger partial charge in [-0.15, -0.1) is 0 Å². The van der Waals surface area contributed by atoms with E-state index in [0.29, 0.717) is 48.3 Å². The highest BCUT2D eigenvalue weighted by atomic mass is 19.1. The van der Waals surface area contributed by atoms with Gasteiger partial charge in [-0.1, -0.05) is 20.8 Å². The summed E-state index contributed by atoms with van der Waals surface area (Å²) in [6.07, 6.45) is 10.2. The lowest BCUT2D eigenvalue weighted by Gasteiger charge is -2.62. The summed E-state index contributed by atoms with van der Waals surface area (Å²) in [5.74, 6) is 2.89. The second-order valence-electron chi connectivity index (χ2n) is 15.5. The summed E-state index contributed by atoms with van der Waals surface area (Å²) in [7, 11) is 0. The number of hydrogen-bond acceptors (Lipinski definition) is 3. The van der Waals surface area contributed by atoms with Crippen LogP contribution in [0, 0.1) is 52.2 Å². The van der Waals surface area contributed by atoms with Crippen molar-refractivity contribution in [2.45, 2.75) is 123 Å². The molecule has 0 aromatic heterocycles. The van der Waals surface area contributed by atoms with Crippen LogP contribution in [-0.4, -0.2) is 33.9 Å². The lowest BCUT2D eigenvalue weighted by molar-refractivity contribution is -0.174. The number of halogens is 1. The zero-order chi connectivity index (χ0) is 27.9. The third-order valence-electron chi connectivity index (χ3n) is 13.0. The summed E-state index contributed by atoms with van der Waals surface area (Å²) in [6.45, 7) is 11.5. The quantitative estimate of drug-likeness (QED) is 0.438. The van der Waals surface area contributed by atoms with E-state index in [1.807, 2.05) is 4.90 Å². The van der Waals surface area contributed by atoms with Gasteiger partial charge in [0.1, 0.15) is 5.82 Å². The molecule has 1 amide bonds. The Morgan fingerprint density at radius 3 is 2.51 bits per heavy atom. The van der Waals surface area contributed by atoms with Gasteiger partial charge < -0.3 is 15.1 Å². The van der Waals surface area contributed by atoms with Crippen LogP contribution in [0.5, 0.6) is 0 Å². The highest BCUT2D eigenvalue weighted by Crippen LogP contribution is 2.68. The van der Waals surface area contributed by atoms with Crippen LogP contribution >= 0.6 is 0 Å². The van der Waals surface area contributed by atoms with Gasteiger partial charge in [-0.05, 0) is 148 Å². The molecule has 1 aromatic carbocycles. The van der Waals surface area contributed by atoms with Crippen molar-refractivity contribution >= 4 is 11.6 Å². The second kappa shape index (κ2) is 9.54. The van der Waals surface area contributed by atoms with Crippen molar-refractivity contribution < 1.29 is 19.4 Å². The summed E-state index contributed by atoms with van der Waals surface area (Å²) < 4.78 is 13.9. The van der Waals surface area contributed by atoms with Crippen molar-refractivity contribution in [2.24, 2.45) is 46.3 Å². The van der Waals surface area contributed by atoms with E-state index in [4.69, 9.17) is 0 Å². The minimum atomic E-state index is -0.334.